The van der Waals surface area contributed by atoms with Crippen molar-refractivity contribution in [2.75, 3.05) is 7.11 Å². The van der Waals surface area contributed by atoms with E-state index in [4.69, 9.17) is 25.0 Å². The second kappa shape index (κ2) is 7.93. The predicted octanol–water partition coefficient (Wildman–Crippen LogP) is 1.68. The zero-order valence-corrected chi connectivity index (χ0v) is 12.9. The monoisotopic (exact) mass is 331 g/mol. The Bertz CT molecular complexity index is 590. The first-order valence-corrected chi connectivity index (χ1v) is 8.02. The molecule has 0 amide bonds. The Morgan fingerprint density at radius 2 is 1.91 bits per heavy atom. The first kappa shape index (κ1) is 18.2. The molecule has 22 heavy (non-hydrogen) atoms. The summed E-state index contributed by atoms with van der Waals surface area (Å²) in [6.07, 6.45) is -0.694. The van der Waals surface area contributed by atoms with Gasteiger partial charge in [0.05, 0.1) is 6.42 Å². The molecule has 0 bridgehead atoms. The van der Waals surface area contributed by atoms with Crippen LogP contribution in [0.3, 0.4) is 0 Å². The Hall–Kier alpha value is -1.89. The van der Waals surface area contributed by atoms with Gasteiger partial charge in [-0.25, -0.2) is 4.57 Å². The SMILES string of the molecule is COP(=O)(Oc1ccccc1CC(=O)O)C(N)CCC(=O)O. The molecule has 0 spiro atoms. The van der Waals surface area contributed by atoms with Crippen molar-refractivity contribution in [2.24, 2.45) is 5.73 Å². The highest BCUT2D eigenvalue weighted by atomic mass is 31.2. The highest BCUT2D eigenvalue weighted by Gasteiger charge is 2.34. The Labute approximate surface area is 127 Å². The summed E-state index contributed by atoms with van der Waals surface area (Å²) >= 11 is 0. The van der Waals surface area contributed by atoms with Crippen LogP contribution in [0.2, 0.25) is 0 Å². The number of para-hydroxylation sites is 1. The number of carboxylic acid groups (broad SMARTS) is 2. The van der Waals surface area contributed by atoms with E-state index < -0.39 is 25.3 Å². The molecule has 4 N–H and O–H groups in total. The van der Waals surface area contributed by atoms with Crippen molar-refractivity contribution < 1.29 is 33.4 Å². The fourth-order valence-electron chi connectivity index (χ4n) is 1.71. The number of benzene rings is 1. The molecular formula is C13H18NO7P. The summed E-state index contributed by atoms with van der Waals surface area (Å²) in [5.74, 6) is -3.20. The van der Waals surface area contributed by atoms with Gasteiger partial charge in [-0.2, -0.15) is 0 Å². The van der Waals surface area contributed by atoms with Gasteiger partial charge in [-0.05, 0) is 12.5 Å². The van der Waals surface area contributed by atoms with E-state index in [9.17, 15) is 14.2 Å². The molecular weight excluding hydrogens is 313 g/mol. The number of rotatable bonds is 9. The van der Waals surface area contributed by atoms with Crippen LogP contribution in [0.5, 0.6) is 5.75 Å². The smallest absolute Gasteiger partial charge is 0.395 e. The van der Waals surface area contributed by atoms with Crippen LogP contribution >= 0.6 is 7.60 Å². The van der Waals surface area contributed by atoms with Gasteiger partial charge in [-0.1, -0.05) is 18.2 Å². The normalized spacial score (nSPS) is 14.8. The Morgan fingerprint density at radius 1 is 1.27 bits per heavy atom. The summed E-state index contributed by atoms with van der Waals surface area (Å²) in [7, 11) is -2.68. The molecule has 0 saturated carbocycles. The van der Waals surface area contributed by atoms with Crippen LogP contribution in [-0.4, -0.2) is 35.0 Å². The summed E-state index contributed by atoms with van der Waals surface area (Å²) in [6.45, 7) is 0. The lowest BCUT2D eigenvalue weighted by atomic mass is 10.1. The minimum atomic E-state index is -3.82. The third-order valence-corrected chi connectivity index (χ3v) is 4.89. The van der Waals surface area contributed by atoms with Gasteiger partial charge in [-0.15, -0.1) is 0 Å². The molecule has 1 aromatic rings. The van der Waals surface area contributed by atoms with Crippen LogP contribution in [0.25, 0.3) is 0 Å². The average Bonchev–Trinajstić information content (AvgIpc) is 2.46. The number of hydrogen-bond donors (Lipinski definition) is 3. The van der Waals surface area contributed by atoms with Gasteiger partial charge in [0.15, 0.2) is 0 Å². The van der Waals surface area contributed by atoms with Crippen LogP contribution in [0.15, 0.2) is 24.3 Å². The van der Waals surface area contributed by atoms with Gasteiger partial charge in [0.2, 0.25) is 0 Å². The van der Waals surface area contributed by atoms with Gasteiger partial charge in [0.1, 0.15) is 11.5 Å². The maximum absolute atomic E-state index is 12.6. The van der Waals surface area contributed by atoms with Crippen molar-refractivity contribution in [1.29, 1.82) is 0 Å². The molecule has 2 unspecified atom stereocenters. The third kappa shape index (κ3) is 5.14. The molecule has 0 aliphatic carbocycles. The molecule has 0 heterocycles. The van der Waals surface area contributed by atoms with E-state index in [0.29, 0.717) is 5.56 Å². The summed E-state index contributed by atoms with van der Waals surface area (Å²) in [4.78, 5) is 21.4. The molecule has 8 nitrogen and oxygen atoms in total. The molecule has 1 aromatic carbocycles. The minimum absolute atomic E-state index is 0.0841. The fourth-order valence-corrected chi connectivity index (χ4v) is 3.09. The van der Waals surface area contributed by atoms with Crippen LogP contribution < -0.4 is 10.3 Å². The van der Waals surface area contributed by atoms with E-state index in [1.54, 1.807) is 12.1 Å². The summed E-state index contributed by atoms with van der Waals surface area (Å²) in [5.41, 5.74) is 6.03. The van der Waals surface area contributed by atoms with Crippen molar-refractivity contribution in [2.45, 2.75) is 25.0 Å². The van der Waals surface area contributed by atoms with Crippen molar-refractivity contribution in [1.82, 2.24) is 0 Å². The van der Waals surface area contributed by atoms with Gasteiger partial charge in [-0.3, -0.25) is 9.59 Å². The van der Waals surface area contributed by atoms with Crippen LogP contribution in [0, 0.1) is 0 Å². The Balaban J connectivity index is 2.95. The van der Waals surface area contributed by atoms with Crippen molar-refractivity contribution in [3.8, 4) is 5.75 Å². The standard InChI is InChI=1S/C13H18NO7P/c1-20-22(19,11(14)6-7-12(15)16)21-10-5-3-2-4-9(10)8-13(17)18/h2-5,11H,6-8,14H2,1H3,(H,15,16)(H,17,18). The van der Waals surface area contributed by atoms with E-state index in [2.05, 4.69) is 0 Å². The molecule has 0 aromatic heterocycles. The van der Waals surface area contributed by atoms with Crippen LogP contribution in [0.1, 0.15) is 18.4 Å². The Morgan fingerprint density at radius 3 is 2.45 bits per heavy atom. The summed E-state index contributed by atoms with van der Waals surface area (Å²) in [5, 5.41) is 17.5. The lowest BCUT2D eigenvalue weighted by Crippen LogP contribution is -2.25. The maximum Gasteiger partial charge on any atom is 0.395 e. The molecule has 9 heteroatoms. The van der Waals surface area contributed by atoms with Crippen molar-refractivity contribution >= 4 is 19.5 Å². The first-order valence-electron chi connectivity index (χ1n) is 6.40. The predicted molar refractivity (Wildman–Crippen MR) is 77.9 cm³/mol. The number of carboxylic acids is 2. The summed E-state index contributed by atoms with van der Waals surface area (Å²) in [6, 6.07) is 6.18. The highest BCUT2D eigenvalue weighted by Crippen LogP contribution is 2.52. The minimum Gasteiger partial charge on any atom is -0.481 e. The lowest BCUT2D eigenvalue weighted by molar-refractivity contribution is -0.137. The van der Waals surface area contributed by atoms with Crippen LogP contribution in [-0.2, 0) is 25.1 Å². The zero-order valence-electron chi connectivity index (χ0n) is 12.0. The molecule has 2 atom stereocenters. The van der Waals surface area contributed by atoms with Crippen LogP contribution in [0.4, 0.5) is 0 Å². The zero-order chi connectivity index (χ0) is 16.8. The number of hydrogen-bond acceptors (Lipinski definition) is 6. The maximum atomic E-state index is 12.6. The van der Waals surface area contributed by atoms with Gasteiger partial charge in [0.25, 0.3) is 0 Å². The van der Waals surface area contributed by atoms with Gasteiger partial charge < -0.3 is 25.0 Å². The van der Waals surface area contributed by atoms with Crippen molar-refractivity contribution in [3.63, 3.8) is 0 Å². The number of carbonyl (C=O) groups is 2. The number of aliphatic carboxylic acids is 2. The molecule has 0 fully saturated rings. The molecule has 122 valence electrons. The average molecular weight is 331 g/mol. The molecule has 0 radical (unpaired) electrons. The van der Waals surface area contributed by atoms with E-state index in [0.717, 1.165) is 7.11 Å². The Kier molecular flexibility index (Phi) is 6.55. The highest BCUT2D eigenvalue weighted by molar-refractivity contribution is 7.55. The second-order valence-corrected chi connectivity index (χ2v) is 6.78. The van der Waals surface area contributed by atoms with E-state index in [-0.39, 0.29) is 25.0 Å². The van der Waals surface area contributed by atoms with Gasteiger partial charge in [0, 0.05) is 19.1 Å². The first-order chi connectivity index (χ1) is 10.3. The largest absolute Gasteiger partial charge is 0.481 e. The van der Waals surface area contributed by atoms with Crippen molar-refractivity contribution in [3.05, 3.63) is 29.8 Å². The van der Waals surface area contributed by atoms with Gasteiger partial charge >= 0.3 is 19.5 Å². The topological polar surface area (TPSA) is 136 Å². The molecule has 0 aliphatic heterocycles. The fraction of sp³-hybridized carbons (Fsp3) is 0.385. The summed E-state index contributed by atoms with van der Waals surface area (Å²) < 4.78 is 22.8. The quantitative estimate of drug-likeness (QED) is 0.581. The van der Waals surface area contributed by atoms with E-state index >= 15 is 0 Å². The molecule has 0 saturated heterocycles. The number of nitrogens with two attached hydrogens (primary N) is 1. The molecule has 1 rings (SSSR count). The third-order valence-electron chi connectivity index (χ3n) is 2.85. The van der Waals surface area contributed by atoms with E-state index in [1.807, 2.05) is 0 Å². The lowest BCUT2D eigenvalue weighted by Gasteiger charge is -2.23. The second-order valence-electron chi connectivity index (χ2n) is 4.49. The molecule has 0 aliphatic rings. The van der Waals surface area contributed by atoms with E-state index in [1.165, 1.54) is 12.1 Å².